The molecule has 2 rings (SSSR count). The van der Waals surface area contributed by atoms with Crippen molar-refractivity contribution in [2.75, 3.05) is 4.72 Å². The third kappa shape index (κ3) is 3.61. The van der Waals surface area contributed by atoms with Crippen LogP contribution in [0.4, 0.5) is 27.6 Å². The van der Waals surface area contributed by atoms with E-state index in [2.05, 4.69) is 0 Å². The molecule has 0 atom stereocenters. The monoisotopic (exact) mass is 351 g/mol. The Balaban J connectivity index is 2.48. The zero-order chi connectivity index (χ0) is 17.4. The van der Waals surface area contributed by atoms with Gasteiger partial charge < -0.3 is 0 Å². The molecule has 1 N–H and O–H groups in total. The van der Waals surface area contributed by atoms with Crippen molar-refractivity contribution in [1.29, 1.82) is 0 Å². The SMILES string of the molecule is Cc1ccc(F)cc1S(=O)(=O)Nc1cccc(C(F)(F)F)c1F. The number of nitrogens with one attached hydrogen (secondary N) is 1. The van der Waals surface area contributed by atoms with Gasteiger partial charge in [-0.05, 0) is 36.8 Å². The number of hydrogen-bond donors (Lipinski definition) is 1. The number of sulfonamides is 1. The normalized spacial score (nSPS) is 12.3. The Labute approximate surface area is 128 Å². The molecule has 9 heteroatoms. The Bertz CT molecular complexity index is 847. The zero-order valence-corrected chi connectivity index (χ0v) is 12.4. The van der Waals surface area contributed by atoms with Crippen LogP contribution in [0, 0.1) is 18.6 Å². The second-order valence-corrected chi connectivity index (χ2v) is 6.33. The van der Waals surface area contributed by atoms with E-state index in [1.807, 2.05) is 0 Å². The van der Waals surface area contributed by atoms with Gasteiger partial charge in [0.2, 0.25) is 0 Å². The molecule has 0 amide bonds. The lowest BCUT2D eigenvalue weighted by atomic mass is 10.2. The van der Waals surface area contributed by atoms with Gasteiger partial charge in [0, 0.05) is 0 Å². The Morgan fingerprint density at radius 2 is 1.70 bits per heavy atom. The van der Waals surface area contributed by atoms with E-state index in [1.165, 1.54) is 13.0 Å². The minimum absolute atomic E-state index is 0.159. The van der Waals surface area contributed by atoms with Crippen LogP contribution < -0.4 is 4.72 Å². The summed E-state index contributed by atoms with van der Waals surface area (Å²) >= 11 is 0. The molecule has 0 radical (unpaired) electrons. The van der Waals surface area contributed by atoms with Gasteiger partial charge in [-0.2, -0.15) is 13.2 Å². The van der Waals surface area contributed by atoms with Gasteiger partial charge in [0.15, 0.2) is 5.82 Å². The molecule has 3 nitrogen and oxygen atoms in total. The summed E-state index contributed by atoms with van der Waals surface area (Å²) in [6, 6.07) is 5.11. The number of alkyl halides is 3. The summed E-state index contributed by atoms with van der Waals surface area (Å²) in [7, 11) is -4.45. The summed E-state index contributed by atoms with van der Waals surface area (Å²) in [5, 5.41) is 0. The van der Waals surface area contributed by atoms with Gasteiger partial charge in [0.25, 0.3) is 10.0 Å². The predicted octanol–water partition coefficient (Wildman–Crippen LogP) is 4.09. The third-order valence-electron chi connectivity index (χ3n) is 2.99. The van der Waals surface area contributed by atoms with Crippen molar-refractivity contribution in [3.05, 3.63) is 59.2 Å². The Hall–Kier alpha value is -2.16. The lowest BCUT2D eigenvalue weighted by molar-refractivity contribution is -0.139. The first kappa shape index (κ1) is 17.2. The Morgan fingerprint density at radius 3 is 2.30 bits per heavy atom. The van der Waals surface area contributed by atoms with Crippen LogP contribution in [-0.2, 0) is 16.2 Å². The van der Waals surface area contributed by atoms with Crippen LogP contribution >= 0.6 is 0 Å². The second kappa shape index (κ2) is 5.80. The third-order valence-corrected chi connectivity index (χ3v) is 4.50. The summed E-state index contributed by atoms with van der Waals surface area (Å²) in [6.45, 7) is 1.37. The molecule has 0 bridgehead atoms. The van der Waals surface area contributed by atoms with Crippen LogP contribution in [0.1, 0.15) is 11.1 Å². The molecule has 23 heavy (non-hydrogen) atoms. The molecule has 0 aliphatic heterocycles. The number of benzene rings is 2. The van der Waals surface area contributed by atoms with E-state index in [4.69, 9.17) is 0 Å². The highest BCUT2D eigenvalue weighted by atomic mass is 32.2. The fourth-order valence-electron chi connectivity index (χ4n) is 1.89. The Morgan fingerprint density at radius 1 is 1.04 bits per heavy atom. The van der Waals surface area contributed by atoms with Gasteiger partial charge in [-0.3, -0.25) is 4.72 Å². The van der Waals surface area contributed by atoms with Crippen LogP contribution in [-0.4, -0.2) is 8.42 Å². The molecular weight excluding hydrogens is 341 g/mol. The highest BCUT2D eigenvalue weighted by Crippen LogP contribution is 2.34. The van der Waals surface area contributed by atoms with Crippen molar-refractivity contribution < 1.29 is 30.4 Å². The summed E-state index contributed by atoms with van der Waals surface area (Å²) in [5.41, 5.74) is -2.32. The molecule has 0 fully saturated rings. The average molecular weight is 351 g/mol. The quantitative estimate of drug-likeness (QED) is 0.847. The smallest absolute Gasteiger partial charge is 0.277 e. The maximum atomic E-state index is 13.9. The van der Waals surface area contributed by atoms with Crippen molar-refractivity contribution in [3.63, 3.8) is 0 Å². The topological polar surface area (TPSA) is 46.2 Å². The molecule has 0 saturated heterocycles. The van der Waals surface area contributed by atoms with Crippen LogP contribution in [0.3, 0.4) is 0 Å². The average Bonchev–Trinajstić information content (AvgIpc) is 2.42. The maximum Gasteiger partial charge on any atom is 0.419 e. The first-order chi connectivity index (χ1) is 10.5. The van der Waals surface area contributed by atoms with Gasteiger partial charge in [-0.15, -0.1) is 0 Å². The van der Waals surface area contributed by atoms with Gasteiger partial charge in [-0.25, -0.2) is 17.2 Å². The zero-order valence-electron chi connectivity index (χ0n) is 11.6. The van der Waals surface area contributed by atoms with Crippen molar-refractivity contribution in [1.82, 2.24) is 0 Å². The highest BCUT2D eigenvalue weighted by Gasteiger charge is 2.35. The highest BCUT2D eigenvalue weighted by molar-refractivity contribution is 7.92. The number of hydrogen-bond acceptors (Lipinski definition) is 2. The van der Waals surface area contributed by atoms with Crippen molar-refractivity contribution >= 4 is 15.7 Å². The number of rotatable bonds is 3. The van der Waals surface area contributed by atoms with Crippen molar-refractivity contribution in [2.45, 2.75) is 18.0 Å². The fourth-order valence-corrected chi connectivity index (χ4v) is 3.21. The summed E-state index contributed by atoms with van der Waals surface area (Å²) < 4.78 is 91.0. The van der Waals surface area contributed by atoms with E-state index in [1.54, 1.807) is 4.72 Å². The molecule has 0 spiro atoms. The first-order valence-corrected chi connectivity index (χ1v) is 7.65. The molecule has 0 aliphatic rings. The molecule has 0 unspecified atom stereocenters. The van der Waals surface area contributed by atoms with Crippen LogP contribution in [0.15, 0.2) is 41.3 Å². The van der Waals surface area contributed by atoms with Gasteiger partial charge in [0.05, 0.1) is 16.1 Å². The minimum atomic E-state index is -4.97. The molecule has 124 valence electrons. The standard InChI is InChI=1S/C14H10F5NO2S/c1-8-5-6-9(15)7-12(8)23(21,22)20-11-4-2-3-10(13(11)16)14(17,18)19/h2-7,20H,1H3. The van der Waals surface area contributed by atoms with Gasteiger partial charge in [-0.1, -0.05) is 12.1 Å². The molecule has 2 aromatic carbocycles. The number of aryl methyl sites for hydroxylation is 1. The summed E-state index contributed by atoms with van der Waals surface area (Å²) in [6.07, 6.45) is -4.97. The molecular formula is C14H10F5NO2S. The van der Waals surface area contributed by atoms with E-state index >= 15 is 0 Å². The molecule has 0 aromatic heterocycles. The van der Waals surface area contributed by atoms with Crippen LogP contribution in [0.25, 0.3) is 0 Å². The number of halogens is 5. The van der Waals surface area contributed by atoms with E-state index in [0.717, 1.165) is 18.2 Å². The van der Waals surface area contributed by atoms with Gasteiger partial charge >= 0.3 is 6.18 Å². The van der Waals surface area contributed by atoms with Crippen LogP contribution in [0.2, 0.25) is 0 Å². The molecule has 0 heterocycles. The molecule has 0 aliphatic carbocycles. The minimum Gasteiger partial charge on any atom is -0.277 e. The predicted molar refractivity (Wildman–Crippen MR) is 73.3 cm³/mol. The van der Waals surface area contributed by atoms with Crippen LogP contribution in [0.5, 0.6) is 0 Å². The second-order valence-electron chi connectivity index (χ2n) is 4.68. The summed E-state index contributed by atoms with van der Waals surface area (Å²) in [5.74, 6) is -2.60. The van der Waals surface area contributed by atoms with E-state index < -0.39 is 44.0 Å². The van der Waals surface area contributed by atoms with E-state index in [9.17, 15) is 30.4 Å². The molecule has 2 aromatic rings. The summed E-state index contributed by atoms with van der Waals surface area (Å²) in [4.78, 5) is -0.491. The first-order valence-electron chi connectivity index (χ1n) is 6.17. The van der Waals surface area contributed by atoms with Gasteiger partial charge in [0.1, 0.15) is 5.82 Å². The maximum absolute atomic E-state index is 13.9. The lowest BCUT2D eigenvalue weighted by Gasteiger charge is -2.14. The molecule has 0 saturated carbocycles. The van der Waals surface area contributed by atoms with E-state index in [0.29, 0.717) is 12.1 Å². The van der Waals surface area contributed by atoms with Crippen molar-refractivity contribution in [3.8, 4) is 0 Å². The number of anilines is 1. The fraction of sp³-hybridized carbons (Fsp3) is 0.143. The Kier molecular flexibility index (Phi) is 4.34. The van der Waals surface area contributed by atoms with Crippen molar-refractivity contribution in [2.24, 2.45) is 0 Å². The van der Waals surface area contributed by atoms with E-state index in [-0.39, 0.29) is 5.56 Å². The lowest BCUT2D eigenvalue weighted by Crippen LogP contribution is -2.17. The largest absolute Gasteiger partial charge is 0.419 e.